The van der Waals surface area contributed by atoms with E-state index in [0.29, 0.717) is 5.92 Å². The van der Waals surface area contributed by atoms with Crippen molar-refractivity contribution in [2.24, 2.45) is 39.4 Å². The standard InChI is InChI=1S/C28H42N6OS2/c1-27-11-9-22-24(37-26(31-22)30-12-3-13-34-14-16-35-17-15-34)21(27)5-4-18-19-6-7-23(32-33-25(29)36)28(19,2)10-8-20(18)27/h5,18-20H,3-4,6-17H2,1-2H3,(H,30,31)(H3,29,33,36)/b32-23+/t18-,19-,20-,27+,28-/m0/s1. The van der Waals surface area contributed by atoms with Crippen molar-refractivity contribution in [1.82, 2.24) is 15.3 Å². The maximum atomic E-state index is 5.67. The highest BCUT2D eigenvalue weighted by Crippen LogP contribution is 2.65. The molecule has 7 nitrogen and oxygen atoms in total. The number of hydrazone groups is 1. The molecule has 9 heteroatoms. The minimum atomic E-state index is 0.170. The summed E-state index contributed by atoms with van der Waals surface area (Å²) >= 11 is 6.91. The van der Waals surface area contributed by atoms with Crippen LogP contribution in [0.1, 0.15) is 69.4 Å². The molecule has 4 N–H and O–H groups in total. The van der Waals surface area contributed by atoms with Gasteiger partial charge in [0.1, 0.15) is 0 Å². The zero-order chi connectivity index (χ0) is 25.6. The first-order chi connectivity index (χ1) is 17.9. The van der Waals surface area contributed by atoms with Gasteiger partial charge in [-0.25, -0.2) is 4.98 Å². The second-order valence-electron chi connectivity index (χ2n) is 12.2. The van der Waals surface area contributed by atoms with Gasteiger partial charge in [-0.3, -0.25) is 10.3 Å². The van der Waals surface area contributed by atoms with E-state index in [1.807, 2.05) is 11.3 Å². The Morgan fingerprint density at radius 2 is 2.03 bits per heavy atom. The van der Waals surface area contributed by atoms with E-state index in [1.165, 1.54) is 48.4 Å². The summed E-state index contributed by atoms with van der Waals surface area (Å²) in [5.74, 6) is 2.17. The Labute approximate surface area is 230 Å². The van der Waals surface area contributed by atoms with Gasteiger partial charge in [0.15, 0.2) is 10.2 Å². The van der Waals surface area contributed by atoms with E-state index in [1.54, 1.807) is 5.57 Å². The van der Waals surface area contributed by atoms with Gasteiger partial charge in [0, 0.05) is 30.8 Å². The molecule has 5 atom stereocenters. The smallest absolute Gasteiger partial charge is 0.184 e. The summed E-state index contributed by atoms with van der Waals surface area (Å²) in [4.78, 5) is 9.03. The molecule has 202 valence electrons. The molecule has 0 aromatic carbocycles. The zero-order valence-electron chi connectivity index (χ0n) is 22.4. The number of rotatable bonds is 6. The number of morpholine rings is 1. The van der Waals surface area contributed by atoms with Crippen molar-refractivity contribution in [2.45, 2.75) is 65.2 Å². The molecule has 2 heterocycles. The van der Waals surface area contributed by atoms with Gasteiger partial charge in [0.2, 0.25) is 0 Å². The Kier molecular flexibility index (Phi) is 7.09. The molecular formula is C28H42N6OS2. The van der Waals surface area contributed by atoms with Crippen LogP contribution in [0.15, 0.2) is 11.2 Å². The number of aryl methyl sites for hydroxylation is 1. The molecule has 0 spiro atoms. The van der Waals surface area contributed by atoms with Gasteiger partial charge in [-0.15, -0.1) is 0 Å². The lowest BCUT2D eigenvalue weighted by Crippen LogP contribution is -2.49. The molecule has 4 aliphatic carbocycles. The zero-order valence-corrected chi connectivity index (χ0v) is 24.0. The highest BCUT2D eigenvalue weighted by Gasteiger charge is 2.58. The number of thiazole rings is 1. The monoisotopic (exact) mass is 542 g/mol. The summed E-state index contributed by atoms with van der Waals surface area (Å²) in [5, 5.41) is 9.69. The van der Waals surface area contributed by atoms with E-state index in [4.69, 9.17) is 27.7 Å². The number of nitrogens with zero attached hydrogens (tertiary/aromatic N) is 3. The fraction of sp³-hybridized carbons (Fsp3) is 0.750. The number of allylic oxidation sites excluding steroid dienone is 2. The second kappa shape index (κ2) is 10.2. The Balaban J connectivity index is 1.15. The summed E-state index contributed by atoms with van der Waals surface area (Å²) in [7, 11) is 0. The Hall–Kier alpha value is -1.55. The van der Waals surface area contributed by atoms with Gasteiger partial charge in [-0.1, -0.05) is 31.3 Å². The number of ether oxygens (including phenoxy) is 1. The molecule has 1 aliphatic heterocycles. The molecule has 2 saturated carbocycles. The fourth-order valence-electron chi connectivity index (χ4n) is 8.37. The summed E-state index contributed by atoms with van der Waals surface area (Å²) in [5.41, 5.74) is 13.2. The van der Waals surface area contributed by atoms with Crippen molar-refractivity contribution in [3.8, 4) is 0 Å². The maximum Gasteiger partial charge on any atom is 0.184 e. The predicted molar refractivity (Wildman–Crippen MR) is 156 cm³/mol. The molecule has 1 saturated heterocycles. The lowest BCUT2D eigenvalue weighted by Gasteiger charge is -2.56. The number of aromatic nitrogens is 1. The van der Waals surface area contributed by atoms with Gasteiger partial charge in [-0.2, -0.15) is 5.10 Å². The van der Waals surface area contributed by atoms with Crippen LogP contribution in [0.4, 0.5) is 5.13 Å². The fourth-order valence-corrected chi connectivity index (χ4v) is 9.63. The van der Waals surface area contributed by atoms with Crippen LogP contribution in [0.2, 0.25) is 0 Å². The van der Waals surface area contributed by atoms with Crippen molar-refractivity contribution >= 4 is 45.1 Å². The van der Waals surface area contributed by atoms with Crippen molar-refractivity contribution in [3.05, 3.63) is 16.6 Å². The van der Waals surface area contributed by atoms with Crippen LogP contribution in [0, 0.1) is 28.6 Å². The summed E-state index contributed by atoms with van der Waals surface area (Å²) in [6.45, 7) is 11.0. The number of thiocarbonyl (C=S) groups is 1. The van der Waals surface area contributed by atoms with Gasteiger partial charge < -0.3 is 15.8 Å². The van der Waals surface area contributed by atoms with Crippen LogP contribution in [0.5, 0.6) is 0 Å². The first-order valence-corrected chi connectivity index (χ1v) is 15.5. The van der Waals surface area contributed by atoms with E-state index < -0.39 is 0 Å². The van der Waals surface area contributed by atoms with Gasteiger partial charge in [-0.05, 0) is 98.9 Å². The number of fused-ring (bicyclic) bond motifs is 7. The molecule has 0 radical (unpaired) electrons. The normalized spacial score (nSPS) is 36.2. The third-order valence-electron chi connectivity index (χ3n) is 10.4. The number of anilines is 1. The third-order valence-corrected chi connectivity index (χ3v) is 11.5. The van der Waals surface area contributed by atoms with E-state index in [9.17, 15) is 0 Å². The molecule has 6 rings (SSSR count). The lowest BCUT2D eigenvalue weighted by molar-refractivity contribution is 0.0116. The molecule has 0 bridgehead atoms. The van der Waals surface area contributed by atoms with Crippen molar-refractivity contribution < 1.29 is 4.74 Å². The predicted octanol–water partition coefficient (Wildman–Crippen LogP) is 4.65. The van der Waals surface area contributed by atoms with E-state index in [-0.39, 0.29) is 15.9 Å². The quantitative estimate of drug-likeness (QED) is 0.274. The Morgan fingerprint density at radius 1 is 1.22 bits per heavy atom. The van der Waals surface area contributed by atoms with Crippen LogP contribution < -0.4 is 16.5 Å². The topological polar surface area (TPSA) is 87.8 Å². The van der Waals surface area contributed by atoms with E-state index in [2.05, 4.69) is 40.7 Å². The average molecular weight is 543 g/mol. The SMILES string of the molecule is C[C@]12CCc3nc(NCCCN4CCOCC4)sc3C1=CC[C@@H]1[C@@H]2CC[C@]2(C)/C(=N/NC(N)=S)CC[C@@H]12. The van der Waals surface area contributed by atoms with Gasteiger partial charge in [0.05, 0.1) is 23.8 Å². The first-order valence-electron chi connectivity index (χ1n) is 14.3. The van der Waals surface area contributed by atoms with Crippen LogP contribution in [-0.4, -0.2) is 60.1 Å². The number of nitrogens with two attached hydrogens (primary N) is 1. The molecule has 37 heavy (non-hydrogen) atoms. The minimum absolute atomic E-state index is 0.170. The lowest BCUT2D eigenvalue weighted by atomic mass is 9.48. The van der Waals surface area contributed by atoms with Crippen molar-refractivity contribution in [2.75, 3.05) is 44.7 Å². The van der Waals surface area contributed by atoms with Gasteiger partial charge >= 0.3 is 0 Å². The van der Waals surface area contributed by atoms with Crippen LogP contribution in [0.25, 0.3) is 5.57 Å². The summed E-state index contributed by atoms with van der Waals surface area (Å²) < 4.78 is 5.47. The van der Waals surface area contributed by atoms with Crippen LogP contribution >= 0.6 is 23.6 Å². The number of hydrogen-bond acceptors (Lipinski definition) is 7. The van der Waals surface area contributed by atoms with E-state index in [0.717, 1.165) is 75.6 Å². The van der Waals surface area contributed by atoms with E-state index >= 15 is 0 Å². The highest BCUT2D eigenvalue weighted by atomic mass is 32.1. The number of nitrogens with one attached hydrogen (secondary N) is 2. The van der Waals surface area contributed by atoms with Crippen LogP contribution in [0.3, 0.4) is 0 Å². The average Bonchev–Trinajstić information content (AvgIpc) is 3.46. The summed E-state index contributed by atoms with van der Waals surface area (Å²) in [6.07, 6.45) is 12.0. The van der Waals surface area contributed by atoms with Crippen molar-refractivity contribution in [3.63, 3.8) is 0 Å². The minimum Gasteiger partial charge on any atom is -0.379 e. The maximum absolute atomic E-state index is 5.67. The molecule has 5 aliphatic rings. The molecule has 0 amide bonds. The van der Waals surface area contributed by atoms with Crippen molar-refractivity contribution in [1.29, 1.82) is 0 Å². The molecule has 3 fully saturated rings. The largest absolute Gasteiger partial charge is 0.379 e. The second-order valence-corrected chi connectivity index (χ2v) is 13.6. The van der Waals surface area contributed by atoms with Crippen LogP contribution in [-0.2, 0) is 11.2 Å². The molecule has 0 unspecified atom stereocenters. The highest BCUT2D eigenvalue weighted by molar-refractivity contribution is 7.80. The first kappa shape index (κ1) is 25.7. The molecular weight excluding hydrogens is 500 g/mol. The Morgan fingerprint density at radius 3 is 2.84 bits per heavy atom. The Bertz CT molecular complexity index is 1090. The third kappa shape index (κ3) is 4.64. The molecule has 1 aromatic rings. The van der Waals surface area contributed by atoms with Gasteiger partial charge in [0.25, 0.3) is 0 Å². The molecule has 1 aromatic heterocycles. The number of hydrogen-bond donors (Lipinski definition) is 3. The summed E-state index contributed by atoms with van der Waals surface area (Å²) in [6, 6.07) is 0.